The van der Waals surface area contributed by atoms with Crippen LogP contribution >= 0.6 is 0 Å². The highest BCUT2D eigenvalue weighted by Gasteiger charge is 2.06. The summed E-state index contributed by atoms with van der Waals surface area (Å²) in [6, 6.07) is 14.2. The number of nitrogens with zero attached hydrogens (tertiary/aromatic N) is 1. The zero-order chi connectivity index (χ0) is 14.1. The molecule has 0 spiro atoms. The number of nitrogens with one attached hydrogen (secondary N) is 1. The Bertz CT molecular complexity index is 778. The first-order chi connectivity index (χ1) is 9.65. The third kappa shape index (κ3) is 2.18. The maximum Gasteiger partial charge on any atom is 0.0466 e. The van der Waals surface area contributed by atoms with Crippen LogP contribution in [0.4, 0.5) is 17.1 Å². The Morgan fingerprint density at radius 3 is 2.55 bits per heavy atom. The van der Waals surface area contributed by atoms with Gasteiger partial charge in [-0.15, -0.1) is 0 Å². The number of para-hydroxylation sites is 1. The van der Waals surface area contributed by atoms with Gasteiger partial charge in [0.1, 0.15) is 0 Å². The van der Waals surface area contributed by atoms with E-state index in [1.807, 2.05) is 37.4 Å². The molecule has 0 amide bonds. The average Bonchev–Trinajstić information content (AvgIpc) is 2.44. The van der Waals surface area contributed by atoms with Crippen LogP contribution in [-0.4, -0.2) is 4.98 Å². The van der Waals surface area contributed by atoms with Crippen LogP contribution in [0.1, 0.15) is 11.3 Å². The van der Waals surface area contributed by atoms with Crippen molar-refractivity contribution in [2.75, 3.05) is 11.1 Å². The number of nitrogens with two attached hydrogens (primary N) is 1. The molecule has 0 saturated carbocycles. The van der Waals surface area contributed by atoms with Gasteiger partial charge in [0.25, 0.3) is 0 Å². The Hall–Kier alpha value is -2.55. The summed E-state index contributed by atoms with van der Waals surface area (Å²) in [6.07, 6.45) is 1.84. The summed E-state index contributed by atoms with van der Waals surface area (Å²) >= 11 is 0. The van der Waals surface area contributed by atoms with Crippen molar-refractivity contribution in [3.8, 4) is 0 Å². The summed E-state index contributed by atoms with van der Waals surface area (Å²) in [5.74, 6) is 0. The van der Waals surface area contributed by atoms with Gasteiger partial charge >= 0.3 is 0 Å². The molecule has 0 saturated heterocycles. The zero-order valence-corrected chi connectivity index (χ0v) is 11.6. The number of benzene rings is 2. The SMILES string of the molecule is Cc1cc2c(Nc3ccccc3C)ccc(N)c2cn1. The van der Waals surface area contributed by atoms with Gasteiger partial charge in [-0.2, -0.15) is 0 Å². The number of nitrogen functional groups attached to an aromatic ring is 1. The van der Waals surface area contributed by atoms with Crippen molar-refractivity contribution >= 4 is 27.8 Å². The molecule has 3 aromatic rings. The van der Waals surface area contributed by atoms with Crippen LogP contribution in [0.5, 0.6) is 0 Å². The molecule has 3 rings (SSSR count). The minimum absolute atomic E-state index is 0.753. The number of aromatic nitrogens is 1. The Kier molecular flexibility index (Phi) is 3.03. The summed E-state index contributed by atoms with van der Waals surface area (Å²) in [6.45, 7) is 4.08. The molecule has 0 unspecified atom stereocenters. The lowest BCUT2D eigenvalue weighted by Crippen LogP contribution is -1.97. The van der Waals surface area contributed by atoms with E-state index in [2.05, 4.69) is 35.4 Å². The van der Waals surface area contributed by atoms with Gasteiger partial charge in [-0.25, -0.2) is 0 Å². The lowest BCUT2D eigenvalue weighted by atomic mass is 10.1. The number of pyridine rings is 1. The predicted molar refractivity (Wildman–Crippen MR) is 85.4 cm³/mol. The van der Waals surface area contributed by atoms with Gasteiger partial charge in [-0.3, -0.25) is 4.98 Å². The van der Waals surface area contributed by atoms with Crippen molar-refractivity contribution in [1.82, 2.24) is 4.98 Å². The van der Waals surface area contributed by atoms with Crippen molar-refractivity contribution in [1.29, 1.82) is 0 Å². The average molecular weight is 263 g/mol. The van der Waals surface area contributed by atoms with E-state index < -0.39 is 0 Å². The molecule has 100 valence electrons. The largest absolute Gasteiger partial charge is 0.398 e. The monoisotopic (exact) mass is 263 g/mol. The van der Waals surface area contributed by atoms with Gasteiger partial charge in [-0.1, -0.05) is 18.2 Å². The second-order valence-electron chi connectivity index (χ2n) is 5.01. The summed E-state index contributed by atoms with van der Waals surface area (Å²) < 4.78 is 0. The van der Waals surface area contributed by atoms with E-state index in [0.717, 1.165) is 33.5 Å². The first-order valence-electron chi connectivity index (χ1n) is 6.62. The van der Waals surface area contributed by atoms with Crippen molar-refractivity contribution in [2.24, 2.45) is 0 Å². The molecule has 0 aliphatic heterocycles. The highest BCUT2D eigenvalue weighted by molar-refractivity contribution is 6.01. The molecule has 3 heteroatoms. The highest BCUT2D eigenvalue weighted by Crippen LogP contribution is 2.31. The molecule has 0 fully saturated rings. The highest BCUT2D eigenvalue weighted by atomic mass is 14.9. The van der Waals surface area contributed by atoms with E-state index in [9.17, 15) is 0 Å². The standard InChI is InChI=1S/C17H17N3/c1-11-5-3-4-6-16(11)20-17-8-7-15(18)14-10-19-12(2)9-13(14)17/h3-10,20H,18H2,1-2H3. The third-order valence-corrected chi connectivity index (χ3v) is 3.49. The summed E-state index contributed by atoms with van der Waals surface area (Å²) in [4.78, 5) is 4.33. The van der Waals surface area contributed by atoms with Crippen LogP contribution in [0.25, 0.3) is 10.8 Å². The molecule has 0 aliphatic carbocycles. The molecule has 0 aliphatic rings. The Labute approximate surface area is 118 Å². The molecular weight excluding hydrogens is 246 g/mol. The van der Waals surface area contributed by atoms with Crippen LogP contribution in [0, 0.1) is 13.8 Å². The van der Waals surface area contributed by atoms with E-state index in [1.165, 1.54) is 5.56 Å². The normalized spacial score (nSPS) is 10.7. The van der Waals surface area contributed by atoms with E-state index in [-0.39, 0.29) is 0 Å². The number of hydrogen-bond donors (Lipinski definition) is 2. The molecular formula is C17H17N3. The Morgan fingerprint density at radius 2 is 1.75 bits per heavy atom. The second kappa shape index (κ2) is 4.85. The van der Waals surface area contributed by atoms with Crippen molar-refractivity contribution in [3.63, 3.8) is 0 Å². The lowest BCUT2D eigenvalue weighted by molar-refractivity contribution is 1.22. The predicted octanol–water partition coefficient (Wildman–Crippen LogP) is 4.18. The summed E-state index contributed by atoms with van der Waals surface area (Å²) in [7, 11) is 0. The lowest BCUT2D eigenvalue weighted by Gasteiger charge is -2.13. The van der Waals surface area contributed by atoms with E-state index in [1.54, 1.807) is 0 Å². The van der Waals surface area contributed by atoms with Crippen molar-refractivity contribution in [2.45, 2.75) is 13.8 Å². The molecule has 0 bridgehead atoms. The second-order valence-corrected chi connectivity index (χ2v) is 5.01. The maximum atomic E-state index is 6.03. The van der Waals surface area contributed by atoms with Gasteiger partial charge in [0, 0.05) is 39.7 Å². The molecule has 1 aromatic heterocycles. The molecule has 0 atom stereocenters. The molecule has 0 radical (unpaired) electrons. The summed E-state index contributed by atoms with van der Waals surface area (Å²) in [5, 5.41) is 5.56. The van der Waals surface area contributed by atoms with Crippen molar-refractivity contribution < 1.29 is 0 Å². The van der Waals surface area contributed by atoms with Crippen LogP contribution in [-0.2, 0) is 0 Å². The van der Waals surface area contributed by atoms with Crippen molar-refractivity contribution in [3.05, 3.63) is 59.9 Å². The molecule has 3 nitrogen and oxygen atoms in total. The quantitative estimate of drug-likeness (QED) is 0.682. The number of hydrogen-bond acceptors (Lipinski definition) is 3. The number of fused-ring (bicyclic) bond motifs is 1. The Morgan fingerprint density at radius 1 is 0.950 bits per heavy atom. The molecule has 2 aromatic carbocycles. The van der Waals surface area contributed by atoms with Crippen LogP contribution in [0.2, 0.25) is 0 Å². The van der Waals surface area contributed by atoms with Crippen LogP contribution in [0.3, 0.4) is 0 Å². The van der Waals surface area contributed by atoms with E-state index in [4.69, 9.17) is 5.73 Å². The number of anilines is 3. The third-order valence-electron chi connectivity index (χ3n) is 3.49. The number of rotatable bonds is 2. The fourth-order valence-electron chi connectivity index (χ4n) is 2.33. The molecule has 20 heavy (non-hydrogen) atoms. The van der Waals surface area contributed by atoms with Gasteiger partial charge in [-0.05, 0) is 43.7 Å². The van der Waals surface area contributed by atoms with Gasteiger partial charge in [0.05, 0.1) is 0 Å². The van der Waals surface area contributed by atoms with Crippen LogP contribution in [0.15, 0.2) is 48.7 Å². The van der Waals surface area contributed by atoms with E-state index >= 15 is 0 Å². The van der Waals surface area contributed by atoms with Gasteiger partial charge in [0.15, 0.2) is 0 Å². The smallest absolute Gasteiger partial charge is 0.0466 e. The minimum atomic E-state index is 0.753. The number of aryl methyl sites for hydroxylation is 2. The Balaban J connectivity index is 2.15. The maximum absolute atomic E-state index is 6.03. The van der Waals surface area contributed by atoms with Crippen LogP contribution < -0.4 is 11.1 Å². The zero-order valence-electron chi connectivity index (χ0n) is 11.6. The summed E-state index contributed by atoms with van der Waals surface area (Å²) in [5.41, 5.74) is 11.1. The fraction of sp³-hybridized carbons (Fsp3) is 0.118. The van der Waals surface area contributed by atoms with Gasteiger partial charge in [0.2, 0.25) is 0 Å². The fourth-order valence-corrected chi connectivity index (χ4v) is 2.33. The first-order valence-corrected chi connectivity index (χ1v) is 6.62. The minimum Gasteiger partial charge on any atom is -0.398 e. The first kappa shape index (κ1) is 12.5. The van der Waals surface area contributed by atoms with E-state index in [0.29, 0.717) is 0 Å². The molecule has 3 N–H and O–H groups in total. The van der Waals surface area contributed by atoms with Gasteiger partial charge < -0.3 is 11.1 Å². The topological polar surface area (TPSA) is 50.9 Å². The molecule has 1 heterocycles.